The second-order valence-electron chi connectivity index (χ2n) is 5.01. The van der Waals surface area contributed by atoms with E-state index in [1.165, 1.54) is 0 Å². The molecule has 0 saturated carbocycles. The van der Waals surface area contributed by atoms with E-state index in [1.54, 1.807) is 18.1 Å². The highest BCUT2D eigenvalue weighted by Gasteiger charge is 2.14. The van der Waals surface area contributed by atoms with Crippen LogP contribution in [0.15, 0.2) is 64.8 Å². The van der Waals surface area contributed by atoms with Gasteiger partial charge in [-0.15, -0.1) is 0 Å². The van der Waals surface area contributed by atoms with E-state index < -0.39 is 0 Å². The minimum absolute atomic E-state index is 0.214. The SMILES string of the molecule is CC1/C=C\C=C/Cc2ncnc(Sc3cccc(Cl)c3)c2N1. The first-order valence-electron chi connectivity index (χ1n) is 7.09. The Labute approximate surface area is 139 Å². The zero-order valence-electron chi connectivity index (χ0n) is 12.2. The molecule has 1 aliphatic rings. The first kappa shape index (κ1) is 15.1. The number of fused-ring (bicyclic) bond motifs is 1. The summed E-state index contributed by atoms with van der Waals surface area (Å²) in [5.41, 5.74) is 2.00. The number of nitrogens with one attached hydrogen (secondary N) is 1. The second kappa shape index (κ2) is 6.99. The van der Waals surface area contributed by atoms with Gasteiger partial charge < -0.3 is 5.32 Å². The van der Waals surface area contributed by atoms with E-state index in [9.17, 15) is 0 Å². The van der Waals surface area contributed by atoms with Crippen LogP contribution in [0.3, 0.4) is 0 Å². The van der Waals surface area contributed by atoms with Gasteiger partial charge in [0.1, 0.15) is 11.4 Å². The fraction of sp³-hybridized carbons (Fsp3) is 0.176. The van der Waals surface area contributed by atoms with Crippen LogP contribution in [0.5, 0.6) is 0 Å². The van der Waals surface area contributed by atoms with Crippen LogP contribution in [0.25, 0.3) is 0 Å². The Kier molecular flexibility index (Phi) is 4.80. The highest BCUT2D eigenvalue weighted by molar-refractivity contribution is 7.99. The second-order valence-corrected chi connectivity index (χ2v) is 6.51. The molecule has 2 aromatic rings. The van der Waals surface area contributed by atoms with Crippen molar-refractivity contribution in [3.05, 3.63) is 65.6 Å². The number of allylic oxidation sites excluding steroid dienone is 3. The van der Waals surface area contributed by atoms with Crippen LogP contribution in [0.1, 0.15) is 12.6 Å². The van der Waals surface area contributed by atoms with Crippen molar-refractivity contribution in [2.75, 3.05) is 5.32 Å². The molecule has 3 rings (SSSR count). The minimum atomic E-state index is 0.214. The highest BCUT2D eigenvalue weighted by atomic mass is 35.5. The largest absolute Gasteiger partial charge is 0.375 e. The number of nitrogens with zero attached hydrogens (tertiary/aromatic N) is 2. The Hall–Kier alpha value is -1.78. The Morgan fingerprint density at radius 2 is 2.18 bits per heavy atom. The predicted molar refractivity (Wildman–Crippen MR) is 92.7 cm³/mol. The topological polar surface area (TPSA) is 37.8 Å². The average molecular weight is 330 g/mol. The molecule has 0 bridgehead atoms. The monoisotopic (exact) mass is 329 g/mol. The molecular weight excluding hydrogens is 314 g/mol. The van der Waals surface area contributed by atoms with E-state index >= 15 is 0 Å². The van der Waals surface area contributed by atoms with Gasteiger partial charge in [-0.05, 0) is 25.1 Å². The molecule has 1 atom stereocenters. The lowest BCUT2D eigenvalue weighted by Crippen LogP contribution is -2.15. The molecule has 0 fully saturated rings. The molecule has 0 amide bonds. The number of benzene rings is 1. The number of rotatable bonds is 2. The van der Waals surface area contributed by atoms with Crippen molar-refractivity contribution >= 4 is 29.1 Å². The third-order valence-electron chi connectivity index (χ3n) is 3.23. The number of hydrogen-bond donors (Lipinski definition) is 1. The molecule has 1 N–H and O–H groups in total. The summed E-state index contributed by atoms with van der Waals surface area (Å²) in [7, 11) is 0. The van der Waals surface area contributed by atoms with Gasteiger partial charge in [0, 0.05) is 22.4 Å². The number of aromatic nitrogens is 2. The summed E-state index contributed by atoms with van der Waals surface area (Å²) < 4.78 is 0. The first-order valence-corrected chi connectivity index (χ1v) is 8.29. The number of halogens is 1. The molecule has 0 radical (unpaired) electrons. The molecule has 0 saturated heterocycles. The van der Waals surface area contributed by atoms with Crippen LogP contribution >= 0.6 is 23.4 Å². The van der Waals surface area contributed by atoms with Gasteiger partial charge in [-0.1, -0.05) is 53.7 Å². The predicted octanol–water partition coefficient (Wildman–Crippen LogP) is 4.75. The number of anilines is 1. The van der Waals surface area contributed by atoms with Crippen molar-refractivity contribution in [1.29, 1.82) is 0 Å². The average Bonchev–Trinajstić information content (AvgIpc) is 2.58. The van der Waals surface area contributed by atoms with Gasteiger partial charge in [0.15, 0.2) is 0 Å². The van der Waals surface area contributed by atoms with Crippen molar-refractivity contribution in [2.24, 2.45) is 0 Å². The quantitative estimate of drug-likeness (QED) is 0.807. The highest BCUT2D eigenvalue weighted by Crippen LogP contribution is 2.34. The van der Waals surface area contributed by atoms with Gasteiger partial charge in [0.25, 0.3) is 0 Å². The maximum Gasteiger partial charge on any atom is 0.128 e. The third kappa shape index (κ3) is 3.70. The summed E-state index contributed by atoms with van der Waals surface area (Å²) in [6.45, 7) is 2.11. The van der Waals surface area contributed by atoms with Crippen LogP contribution in [0.2, 0.25) is 5.02 Å². The maximum atomic E-state index is 6.07. The van der Waals surface area contributed by atoms with E-state index in [4.69, 9.17) is 11.6 Å². The van der Waals surface area contributed by atoms with Crippen molar-refractivity contribution < 1.29 is 0 Å². The summed E-state index contributed by atoms with van der Waals surface area (Å²) in [4.78, 5) is 9.94. The zero-order valence-corrected chi connectivity index (χ0v) is 13.7. The molecule has 1 unspecified atom stereocenters. The van der Waals surface area contributed by atoms with Gasteiger partial charge in [-0.25, -0.2) is 9.97 Å². The van der Waals surface area contributed by atoms with Gasteiger partial charge >= 0.3 is 0 Å². The lowest BCUT2D eigenvalue weighted by atomic mass is 10.2. The van der Waals surface area contributed by atoms with Crippen LogP contribution < -0.4 is 5.32 Å². The van der Waals surface area contributed by atoms with Gasteiger partial charge in [0.05, 0.1) is 11.4 Å². The van der Waals surface area contributed by atoms with E-state index in [2.05, 4.69) is 46.5 Å². The molecule has 112 valence electrons. The summed E-state index contributed by atoms with van der Waals surface area (Å²) in [5, 5.41) is 5.15. The Bertz CT molecular complexity index is 728. The summed E-state index contributed by atoms with van der Waals surface area (Å²) in [6.07, 6.45) is 10.7. The van der Waals surface area contributed by atoms with Crippen LogP contribution in [-0.4, -0.2) is 16.0 Å². The van der Waals surface area contributed by atoms with E-state index in [-0.39, 0.29) is 6.04 Å². The van der Waals surface area contributed by atoms with E-state index in [1.807, 2.05) is 24.3 Å². The molecule has 0 spiro atoms. The summed E-state index contributed by atoms with van der Waals surface area (Å²) >= 11 is 7.66. The Morgan fingerprint density at radius 3 is 3.05 bits per heavy atom. The fourth-order valence-corrected chi connectivity index (χ4v) is 3.38. The first-order chi connectivity index (χ1) is 10.7. The normalized spacial score (nSPS) is 20.0. The van der Waals surface area contributed by atoms with Gasteiger partial charge in [-0.3, -0.25) is 0 Å². The molecule has 3 nitrogen and oxygen atoms in total. The van der Waals surface area contributed by atoms with Crippen molar-refractivity contribution in [3.8, 4) is 0 Å². The molecular formula is C17H16ClN3S. The van der Waals surface area contributed by atoms with Gasteiger partial charge in [0.2, 0.25) is 0 Å². The van der Waals surface area contributed by atoms with Crippen LogP contribution in [0.4, 0.5) is 5.69 Å². The standard InChI is InChI=1S/C17H16ClN3S/c1-12-6-3-2-4-9-15-16(21-12)17(20-11-19-15)22-14-8-5-7-13(18)10-14/h2-8,10-12,21H,9H2,1H3/b4-2-,6-3-. The Balaban J connectivity index is 1.97. The van der Waals surface area contributed by atoms with Gasteiger partial charge in [-0.2, -0.15) is 0 Å². The lowest BCUT2D eigenvalue weighted by Gasteiger charge is -2.16. The zero-order chi connectivity index (χ0) is 15.4. The summed E-state index contributed by atoms with van der Waals surface area (Å²) in [5.74, 6) is 0. The van der Waals surface area contributed by atoms with Crippen molar-refractivity contribution in [1.82, 2.24) is 9.97 Å². The molecule has 0 aliphatic carbocycles. The molecule has 1 aliphatic heterocycles. The van der Waals surface area contributed by atoms with Crippen molar-refractivity contribution in [3.63, 3.8) is 0 Å². The van der Waals surface area contributed by atoms with Crippen molar-refractivity contribution in [2.45, 2.75) is 29.3 Å². The van der Waals surface area contributed by atoms with Crippen LogP contribution in [0, 0.1) is 0 Å². The van der Waals surface area contributed by atoms with E-state index in [0.29, 0.717) is 0 Å². The number of hydrogen-bond acceptors (Lipinski definition) is 4. The molecule has 2 heterocycles. The summed E-state index contributed by atoms with van der Waals surface area (Å²) in [6, 6.07) is 8.01. The molecule has 1 aromatic heterocycles. The minimum Gasteiger partial charge on any atom is -0.375 e. The van der Waals surface area contributed by atoms with E-state index in [0.717, 1.165) is 32.7 Å². The lowest BCUT2D eigenvalue weighted by molar-refractivity contribution is 0.925. The molecule has 5 heteroatoms. The fourth-order valence-electron chi connectivity index (χ4n) is 2.19. The maximum absolute atomic E-state index is 6.07. The molecule has 22 heavy (non-hydrogen) atoms. The van der Waals surface area contributed by atoms with Crippen LogP contribution in [-0.2, 0) is 6.42 Å². The third-order valence-corrected chi connectivity index (χ3v) is 4.46. The smallest absolute Gasteiger partial charge is 0.128 e. The molecule has 1 aromatic carbocycles. The Morgan fingerprint density at radius 1 is 1.27 bits per heavy atom.